The lowest BCUT2D eigenvalue weighted by Crippen LogP contribution is -1.89. The summed E-state index contributed by atoms with van der Waals surface area (Å²) in [5.41, 5.74) is 2.73. The number of aromatic hydroxyl groups is 2. The molecule has 0 saturated carbocycles. The van der Waals surface area contributed by atoms with Crippen LogP contribution in [0.4, 0.5) is 0 Å². The van der Waals surface area contributed by atoms with Crippen LogP contribution in [-0.2, 0) is 12.8 Å². The van der Waals surface area contributed by atoms with E-state index < -0.39 is 0 Å². The third-order valence-electron chi connectivity index (χ3n) is 3.49. The summed E-state index contributed by atoms with van der Waals surface area (Å²) in [7, 11) is 0. The van der Waals surface area contributed by atoms with Crippen LogP contribution in [0.15, 0.2) is 71.9 Å². The molecule has 0 unspecified atom stereocenters. The summed E-state index contributed by atoms with van der Waals surface area (Å²) in [5, 5.41) is 28.2. The zero-order valence-corrected chi connectivity index (χ0v) is 13.4. The molecule has 4 nitrogen and oxygen atoms in total. The van der Waals surface area contributed by atoms with Crippen molar-refractivity contribution in [3.8, 4) is 11.5 Å². The monoisotopic (exact) mass is 320 g/mol. The minimum absolute atomic E-state index is 0.173. The molecule has 24 heavy (non-hydrogen) atoms. The van der Waals surface area contributed by atoms with E-state index in [9.17, 15) is 10.2 Å². The molecule has 0 amide bonds. The van der Waals surface area contributed by atoms with Crippen LogP contribution in [-0.4, -0.2) is 22.6 Å². The van der Waals surface area contributed by atoms with Crippen molar-refractivity contribution in [1.82, 2.24) is 0 Å². The normalized spacial score (nSPS) is 11.2. The maximum Gasteiger partial charge on any atom is 0.127 e. The highest BCUT2D eigenvalue weighted by Crippen LogP contribution is 2.23. The van der Waals surface area contributed by atoms with Gasteiger partial charge >= 0.3 is 0 Å². The third-order valence-corrected chi connectivity index (χ3v) is 3.49. The Bertz CT molecular complexity index is 725. The number of hydrogen-bond donors (Lipinski definition) is 2. The van der Waals surface area contributed by atoms with Crippen molar-refractivity contribution in [2.75, 3.05) is 0 Å². The number of phenols is 2. The maximum atomic E-state index is 10.1. The fourth-order valence-corrected chi connectivity index (χ4v) is 2.26. The Hall–Kier alpha value is -3.14. The molecule has 0 bridgehead atoms. The first-order valence-electron chi connectivity index (χ1n) is 7.57. The van der Waals surface area contributed by atoms with Crippen LogP contribution in [0.2, 0.25) is 0 Å². The lowest BCUT2D eigenvalue weighted by Gasteiger charge is -2.04. The van der Waals surface area contributed by atoms with E-state index in [0.29, 0.717) is 24.0 Å². The van der Waals surface area contributed by atoms with Gasteiger partial charge in [0.1, 0.15) is 11.5 Å². The standard InChI is InChI=1S/C20H20N2O2/c1-3-7-15-9-5-11-17(19(15)23)13-21-22-14-18-12-6-10-16(8-4-2)20(18)24/h3-6,9-14,23-24H,1-2,7-8H2. The average Bonchev–Trinajstić information content (AvgIpc) is 2.58. The molecule has 122 valence electrons. The number of para-hydroxylation sites is 2. The average molecular weight is 320 g/mol. The van der Waals surface area contributed by atoms with Crippen LogP contribution in [0.1, 0.15) is 22.3 Å². The zero-order valence-electron chi connectivity index (χ0n) is 13.4. The van der Waals surface area contributed by atoms with Gasteiger partial charge in [0.25, 0.3) is 0 Å². The van der Waals surface area contributed by atoms with E-state index in [1.165, 1.54) is 12.4 Å². The molecule has 0 aliphatic rings. The maximum absolute atomic E-state index is 10.1. The SMILES string of the molecule is C=CCc1cccc(C=NN=Cc2cccc(CC=C)c2O)c1O. The summed E-state index contributed by atoms with van der Waals surface area (Å²) in [6.45, 7) is 7.33. The fourth-order valence-electron chi connectivity index (χ4n) is 2.26. The van der Waals surface area contributed by atoms with E-state index in [1.807, 2.05) is 24.3 Å². The highest BCUT2D eigenvalue weighted by Gasteiger charge is 2.04. The van der Waals surface area contributed by atoms with Crippen LogP contribution < -0.4 is 0 Å². The molecule has 2 aromatic carbocycles. The molecular weight excluding hydrogens is 300 g/mol. The molecular formula is C20H20N2O2. The summed E-state index contributed by atoms with van der Waals surface area (Å²) in [6.07, 6.45) is 7.58. The first-order valence-corrected chi connectivity index (χ1v) is 7.57. The van der Waals surface area contributed by atoms with Gasteiger partial charge in [-0.2, -0.15) is 10.2 Å². The molecule has 2 aromatic rings. The minimum atomic E-state index is 0.173. The van der Waals surface area contributed by atoms with Crippen LogP contribution in [0.3, 0.4) is 0 Å². The van der Waals surface area contributed by atoms with Gasteiger partial charge in [0, 0.05) is 11.1 Å². The van der Waals surface area contributed by atoms with Crippen molar-refractivity contribution in [2.24, 2.45) is 10.2 Å². The topological polar surface area (TPSA) is 65.2 Å². The van der Waals surface area contributed by atoms with Crippen LogP contribution >= 0.6 is 0 Å². The number of benzene rings is 2. The first kappa shape index (κ1) is 17.2. The predicted octanol–water partition coefficient (Wildman–Crippen LogP) is 4.01. The molecule has 2 N–H and O–H groups in total. The van der Waals surface area contributed by atoms with Crippen molar-refractivity contribution in [3.05, 3.63) is 84.0 Å². The molecule has 4 heteroatoms. The Morgan fingerprint density at radius 3 is 1.54 bits per heavy atom. The van der Waals surface area contributed by atoms with Gasteiger partial charge in [-0.25, -0.2) is 0 Å². The summed E-state index contributed by atoms with van der Waals surface area (Å²) in [6, 6.07) is 10.9. The summed E-state index contributed by atoms with van der Waals surface area (Å²) >= 11 is 0. The van der Waals surface area contributed by atoms with Gasteiger partial charge in [-0.3, -0.25) is 0 Å². The molecule has 0 aliphatic heterocycles. The van der Waals surface area contributed by atoms with E-state index in [2.05, 4.69) is 23.4 Å². The number of allylic oxidation sites excluding steroid dienone is 2. The zero-order chi connectivity index (χ0) is 17.4. The molecule has 2 rings (SSSR count). The smallest absolute Gasteiger partial charge is 0.127 e. The van der Waals surface area contributed by atoms with Gasteiger partial charge in [0.2, 0.25) is 0 Å². The van der Waals surface area contributed by atoms with Gasteiger partial charge in [-0.05, 0) is 36.1 Å². The van der Waals surface area contributed by atoms with Gasteiger partial charge in [0.05, 0.1) is 12.4 Å². The summed E-state index contributed by atoms with van der Waals surface area (Å²) in [4.78, 5) is 0. The Kier molecular flexibility index (Phi) is 6.08. The molecule has 0 saturated heterocycles. The minimum Gasteiger partial charge on any atom is -0.507 e. The Morgan fingerprint density at radius 2 is 1.17 bits per heavy atom. The van der Waals surface area contributed by atoms with Crippen molar-refractivity contribution < 1.29 is 10.2 Å². The Labute approximate surface area is 141 Å². The lowest BCUT2D eigenvalue weighted by molar-refractivity contribution is 0.468. The second-order valence-corrected chi connectivity index (χ2v) is 5.18. The van der Waals surface area contributed by atoms with E-state index in [-0.39, 0.29) is 11.5 Å². The molecule has 0 spiro atoms. The summed E-state index contributed by atoms with van der Waals surface area (Å²) < 4.78 is 0. The number of rotatable bonds is 7. The molecule has 0 fully saturated rings. The van der Waals surface area contributed by atoms with Crippen LogP contribution in [0, 0.1) is 0 Å². The molecule has 0 aromatic heterocycles. The van der Waals surface area contributed by atoms with Crippen LogP contribution in [0.25, 0.3) is 0 Å². The Balaban J connectivity index is 2.16. The third kappa shape index (κ3) is 4.20. The first-order chi connectivity index (χ1) is 11.7. The van der Waals surface area contributed by atoms with Gasteiger partial charge < -0.3 is 10.2 Å². The molecule has 0 aliphatic carbocycles. The van der Waals surface area contributed by atoms with Crippen molar-refractivity contribution in [1.29, 1.82) is 0 Å². The van der Waals surface area contributed by atoms with Gasteiger partial charge in [-0.1, -0.05) is 36.4 Å². The second-order valence-electron chi connectivity index (χ2n) is 5.18. The molecule has 0 heterocycles. The van der Waals surface area contributed by atoms with Gasteiger partial charge in [0.15, 0.2) is 0 Å². The quantitative estimate of drug-likeness (QED) is 0.460. The second kappa shape index (κ2) is 8.48. The molecule has 0 atom stereocenters. The lowest BCUT2D eigenvalue weighted by atomic mass is 10.1. The van der Waals surface area contributed by atoms with Gasteiger partial charge in [-0.15, -0.1) is 13.2 Å². The Morgan fingerprint density at radius 1 is 0.750 bits per heavy atom. The summed E-state index contributed by atoms with van der Waals surface area (Å²) in [5.74, 6) is 0.347. The largest absolute Gasteiger partial charge is 0.507 e. The highest BCUT2D eigenvalue weighted by molar-refractivity contribution is 5.87. The predicted molar refractivity (Wildman–Crippen MR) is 99.2 cm³/mol. The van der Waals surface area contributed by atoms with Crippen molar-refractivity contribution >= 4 is 12.4 Å². The van der Waals surface area contributed by atoms with Crippen molar-refractivity contribution in [3.63, 3.8) is 0 Å². The van der Waals surface area contributed by atoms with E-state index in [0.717, 1.165) is 11.1 Å². The number of hydrogen-bond acceptors (Lipinski definition) is 4. The van der Waals surface area contributed by atoms with E-state index in [4.69, 9.17) is 0 Å². The van der Waals surface area contributed by atoms with Crippen LogP contribution in [0.5, 0.6) is 11.5 Å². The van der Waals surface area contributed by atoms with Crippen molar-refractivity contribution in [2.45, 2.75) is 12.8 Å². The highest BCUT2D eigenvalue weighted by atomic mass is 16.3. The number of phenolic OH excluding ortho intramolecular Hbond substituents is 2. The molecule has 0 radical (unpaired) electrons. The van der Waals surface area contributed by atoms with E-state index in [1.54, 1.807) is 24.3 Å². The number of nitrogens with zero attached hydrogens (tertiary/aromatic N) is 2. The fraction of sp³-hybridized carbons (Fsp3) is 0.100. The van der Waals surface area contributed by atoms with E-state index >= 15 is 0 Å².